The van der Waals surface area contributed by atoms with E-state index in [1.807, 2.05) is 0 Å². The molecule has 0 aromatic carbocycles. The van der Waals surface area contributed by atoms with Crippen LogP contribution in [0.2, 0.25) is 0 Å². The molecule has 9 heavy (non-hydrogen) atoms. The van der Waals surface area contributed by atoms with E-state index in [4.69, 9.17) is 11.6 Å². The number of halogens is 1. The highest BCUT2D eigenvalue weighted by Crippen LogP contribution is 2.20. The monoisotopic (exact) mass is 147 g/mol. The van der Waals surface area contributed by atoms with Crippen molar-refractivity contribution >= 4 is 11.6 Å². The average molecular weight is 148 g/mol. The lowest BCUT2D eigenvalue weighted by atomic mass is 10.1. The van der Waals surface area contributed by atoms with Crippen molar-refractivity contribution in [2.45, 2.75) is 40.0 Å². The minimum atomic E-state index is 0.783. The van der Waals surface area contributed by atoms with E-state index in [-0.39, 0.29) is 0 Å². The van der Waals surface area contributed by atoms with E-state index in [1.165, 1.54) is 6.42 Å². The molecule has 0 heterocycles. The highest BCUT2D eigenvalue weighted by Gasteiger charge is 2.02. The van der Waals surface area contributed by atoms with E-state index in [0.29, 0.717) is 0 Å². The molecule has 0 unspecified atom stereocenters. The Morgan fingerprint density at radius 2 is 2.00 bits per heavy atom. The molecule has 0 N–H and O–H groups in total. The molecule has 0 saturated heterocycles. The van der Waals surface area contributed by atoms with Gasteiger partial charge in [-0.25, -0.2) is 0 Å². The molecule has 1 heteroatoms. The zero-order valence-electron chi connectivity index (χ0n) is 6.58. The van der Waals surface area contributed by atoms with Gasteiger partial charge >= 0.3 is 0 Å². The molecule has 0 amide bonds. The highest BCUT2D eigenvalue weighted by atomic mass is 35.5. The first-order valence-corrected chi connectivity index (χ1v) is 4.04. The summed E-state index contributed by atoms with van der Waals surface area (Å²) in [5.41, 5.74) is 0. The van der Waals surface area contributed by atoms with E-state index in [2.05, 4.69) is 20.8 Å². The minimum absolute atomic E-state index is 0.783. The number of rotatable bonds is 4. The maximum atomic E-state index is 5.83. The van der Waals surface area contributed by atoms with Gasteiger partial charge in [-0.1, -0.05) is 20.8 Å². The van der Waals surface area contributed by atoms with Gasteiger partial charge in [0.15, 0.2) is 0 Å². The van der Waals surface area contributed by atoms with Gasteiger partial charge in [0.1, 0.15) is 0 Å². The van der Waals surface area contributed by atoms with Gasteiger partial charge in [0.05, 0.1) is 5.38 Å². The second-order valence-corrected chi connectivity index (χ2v) is 3.34. The van der Waals surface area contributed by atoms with Crippen molar-refractivity contribution in [3.05, 3.63) is 5.38 Å². The first kappa shape index (κ1) is 9.29. The summed E-state index contributed by atoms with van der Waals surface area (Å²) in [4.78, 5) is 0. The van der Waals surface area contributed by atoms with Gasteiger partial charge < -0.3 is 0 Å². The molecule has 0 aliphatic carbocycles. The normalized spacial score (nSPS) is 11.3. The lowest BCUT2D eigenvalue weighted by Gasteiger charge is -2.06. The summed E-state index contributed by atoms with van der Waals surface area (Å²) in [6, 6.07) is 0. The first-order valence-electron chi connectivity index (χ1n) is 3.67. The lowest BCUT2D eigenvalue weighted by Crippen LogP contribution is -1.91. The minimum Gasteiger partial charge on any atom is -0.117 e. The van der Waals surface area contributed by atoms with E-state index in [1.54, 1.807) is 0 Å². The SMILES string of the molecule is CC[C](Cl)CCC(C)C. The van der Waals surface area contributed by atoms with E-state index >= 15 is 0 Å². The van der Waals surface area contributed by atoms with Crippen molar-refractivity contribution in [3.8, 4) is 0 Å². The standard InChI is InChI=1S/C8H16Cl/c1-4-8(9)6-5-7(2)3/h7H,4-6H2,1-3H3. The fourth-order valence-corrected chi connectivity index (χ4v) is 0.731. The van der Waals surface area contributed by atoms with Crippen LogP contribution < -0.4 is 0 Å². The molecule has 0 aliphatic heterocycles. The van der Waals surface area contributed by atoms with Crippen LogP contribution in [0.25, 0.3) is 0 Å². The van der Waals surface area contributed by atoms with Crippen LogP contribution in [0.15, 0.2) is 0 Å². The topological polar surface area (TPSA) is 0 Å². The second kappa shape index (κ2) is 5.10. The Balaban J connectivity index is 3.06. The number of hydrogen-bond donors (Lipinski definition) is 0. The zero-order chi connectivity index (χ0) is 7.28. The van der Waals surface area contributed by atoms with Crippen molar-refractivity contribution in [1.29, 1.82) is 0 Å². The van der Waals surface area contributed by atoms with Crippen LogP contribution >= 0.6 is 11.6 Å². The molecule has 0 atom stereocenters. The fraction of sp³-hybridized carbons (Fsp3) is 0.875. The predicted molar refractivity (Wildman–Crippen MR) is 43.5 cm³/mol. The van der Waals surface area contributed by atoms with Crippen LogP contribution in [0.4, 0.5) is 0 Å². The van der Waals surface area contributed by atoms with Gasteiger partial charge in [-0.2, -0.15) is 0 Å². The molecule has 0 fully saturated rings. The van der Waals surface area contributed by atoms with Crippen LogP contribution in [0, 0.1) is 11.3 Å². The van der Waals surface area contributed by atoms with Crippen LogP contribution in [-0.4, -0.2) is 0 Å². The lowest BCUT2D eigenvalue weighted by molar-refractivity contribution is 0.570. The molecule has 1 radical (unpaired) electrons. The third-order valence-electron chi connectivity index (χ3n) is 1.38. The van der Waals surface area contributed by atoms with Crippen molar-refractivity contribution in [2.24, 2.45) is 5.92 Å². The van der Waals surface area contributed by atoms with E-state index in [9.17, 15) is 0 Å². The summed E-state index contributed by atoms with van der Waals surface area (Å²) in [7, 11) is 0. The van der Waals surface area contributed by atoms with Crippen molar-refractivity contribution < 1.29 is 0 Å². The van der Waals surface area contributed by atoms with Crippen LogP contribution in [-0.2, 0) is 0 Å². The van der Waals surface area contributed by atoms with Gasteiger partial charge in [0, 0.05) is 0 Å². The maximum Gasteiger partial charge on any atom is 0.0635 e. The first-order chi connectivity index (χ1) is 4.16. The summed E-state index contributed by atoms with van der Waals surface area (Å²) in [6.45, 7) is 6.54. The van der Waals surface area contributed by atoms with Crippen molar-refractivity contribution in [3.63, 3.8) is 0 Å². The van der Waals surface area contributed by atoms with Gasteiger partial charge in [0.2, 0.25) is 0 Å². The Morgan fingerprint density at radius 1 is 1.44 bits per heavy atom. The Bertz CT molecular complexity index is 59.6. The van der Waals surface area contributed by atoms with Gasteiger partial charge in [0.25, 0.3) is 0 Å². The van der Waals surface area contributed by atoms with Gasteiger partial charge in [-0.15, -0.1) is 11.6 Å². The summed E-state index contributed by atoms with van der Waals surface area (Å²) >= 11 is 5.83. The third-order valence-corrected chi connectivity index (χ3v) is 1.83. The molecule has 0 aromatic rings. The average Bonchev–Trinajstić information content (AvgIpc) is 1.83. The molecule has 0 nitrogen and oxygen atoms in total. The predicted octanol–water partition coefficient (Wildman–Crippen LogP) is 3.60. The van der Waals surface area contributed by atoms with E-state index in [0.717, 1.165) is 24.1 Å². The smallest absolute Gasteiger partial charge is 0.0635 e. The van der Waals surface area contributed by atoms with Gasteiger partial charge in [-0.05, 0) is 25.2 Å². The summed E-state index contributed by atoms with van der Waals surface area (Å²) < 4.78 is 0. The Labute approximate surface area is 63.6 Å². The van der Waals surface area contributed by atoms with Crippen molar-refractivity contribution in [2.75, 3.05) is 0 Å². The van der Waals surface area contributed by atoms with Crippen LogP contribution in [0.5, 0.6) is 0 Å². The van der Waals surface area contributed by atoms with Gasteiger partial charge in [-0.3, -0.25) is 0 Å². The molecule has 0 aromatic heterocycles. The number of hydrogen-bond acceptors (Lipinski definition) is 0. The molecule has 0 saturated carbocycles. The van der Waals surface area contributed by atoms with Crippen LogP contribution in [0.3, 0.4) is 0 Å². The fourth-order valence-electron chi connectivity index (χ4n) is 0.622. The third kappa shape index (κ3) is 6.17. The summed E-state index contributed by atoms with van der Waals surface area (Å²) in [6.07, 6.45) is 3.34. The second-order valence-electron chi connectivity index (χ2n) is 2.80. The Kier molecular flexibility index (Phi) is 5.27. The summed E-state index contributed by atoms with van der Waals surface area (Å²) in [5.74, 6) is 0.783. The van der Waals surface area contributed by atoms with Crippen LogP contribution in [0.1, 0.15) is 40.0 Å². The molecule has 0 rings (SSSR count). The molecular weight excluding hydrogens is 132 g/mol. The zero-order valence-corrected chi connectivity index (χ0v) is 7.33. The Hall–Kier alpha value is 0.290. The maximum absolute atomic E-state index is 5.83. The van der Waals surface area contributed by atoms with E-state index < -0.39 is 0 Å². The molecule has 0 spiro atoms. The quantitative estimate of drug-likeness (QED) is 0.570. The van der Waals surface area contributed by atoms with Crippen molar-refractivity contribution in [1.82, 2.24) is 0 Å². The highest BCUT2D eigenvalue weighted by molar-refractivity contribution is 6.26. The molecule has 55 valence electrons. The molecule has 0 aliphatic rings. The summed E-state index contributed by atoms with van der Waals surface area (Å²) in [5, 5.41) is 1.11. The largest absolute Gasteiger partial charge is 0.117 e. The molecular formula is C8H16Cl. The Morgan fingerprint density at radius 3 is 2.33 bits per heavy atom. The molecule has 0 bridgehead atoms.